The molecule has 0 atom stereocenters. The zero-order chi connectivity index (χ0) is 19.2. The van der Waals surface area contributed by atoms with Crippen molar-refractivity contribution >= 4 is 16.9 Å². The first-order chi connectivity index (χ1) is 13.8. The summed E-state index contributed by atoms with van der Waals surface area (Å²) in [6, 6.07) is 28.4. The molecule has 0 spiro atoms. The van der Waals surface area contributed by atoms with Crippen molar-refractivity contribution in [3.05, 3.63) is 102 Å². The number of nitrogens with one attached hydrogen (secondary N) is 1. The molecule has 0 aliphatic heterocycles. The van der Waals surface area contributed by atoms with Crippen LogP contribution in [0.5, 0.6) is 0 Å². The number of carbonyl (C=O) groups is 1. The van der Waals surface area contributed by atoms with Gasteiger partial charge in [0.25, 0.3) is 0 Å². The van der Waals surface area contributed by atoms with Gasteiger partial charge in [0.2, 0.25) is 5.91 Å². The van der Waals surface area contributed by atoms with E-state index >= 15 is 0 Å². The van der Waals surface area contributed by atoms with E-state index in [-0.39, 0.29) is 18.2 Å². The van der Waals surface area contributed by atoms with E-state index in [0.29, 0.717) is 17.8 Å². The first kappa shape index (κ1) is 18.0. The van der Waals surface area contributed by atoms with Crippen LogP contribution in [0.15, 0.2) is 89.5 Å². The molecule has 0 radical (unpaired) electrons. The smallest absolute Gasteiger partial charge is 0.226 e. The van der Waals surface area contributed by atoms with Gasteiger partial charge in [0.15, 0.2) is 5.58 Å². The van der Waals surface area contributed by atoms with Gasteiger partial charge in [-0.05, 0) is 29.7 Å². The normalized spacial score (nSPS) is 11.0. The monoisotopic (exact) mass is 370 g/mol. The highest BCUT2D eigenvalue weighted by Crippen LogP contribution is 2.27. The van der Waals surface area contributed by atoms with Gasteiger partial charge >= 0.3 is 0 Å². The predicted molar refractivity (Wildman–Crippen MR) is 110 cm³/mol. The highest BCUT2D eigenvalue weighted by atomic mass is 16.5. The molecule has 1 aromatic heterocycles. The maximum Gasteiger partial charge on any atom is 0.226 e. The fraction of sp³-hybridized carbons (Fsp3) is 0.167. The molecule has 0 aliphatic carbocycles. The minimum Gasteiger partial charge on any atom is -0.356 e. The zero-order valence-corrected chi connectivity index (χ0v) is 15.5. The lowest BCUT2D eigenvalue weighted by atomic mass is 9.88. The molecule has 1 N–H and O–H groups in total. The molecule has 0 fully saturated rings. The van der Waals surface area contributed by atoms with E-state index in [1.165, 1.54) is 11.1 Å². The van der Waals surface area contributed by atoms with Crippen LogP contribution in [-0.2, 0) is 11.2 Å². The maximum atomic E-state index is 12.4. The summed E-state index contributed by atoms with van der Waals surface area (Å²) in [5, 5.41) is 7.97. The van der Waals surface area contributed by atoms with Gasteiger partial charge in [0.1, 0.15) is 5.69 Å². The molecule has 28 heavy (non-hydrogen) atoms. The second-order valence-electron chi connectivity index (χ2n) is 6.81. The highest BCUT2D eigenvalue weighted by molar-refractivity contribution is 5.86. The Bertz CT molecular complexity index is 1000. The standard InChI is InChI=1S/C24H22N2O2/c27-24(17-22-21-13-7-8-14-23(21)28-26-22)25-16-15-20(18-9-3-1-4-10-18)19-11-5-2-6-12-19/h1-14,20H,15-17H2,(H,25,27). The number of para-hydroxylation sites is 1. The van der Waals surface area contributed by atoms with Crippen molar-refractivity contribution in [1.82, 2.24) is 10.5 Å². The topological polar surface area (TPSA) is 55.1 Å². The molecule has 1 heterocycles. The first-order valence-electron chi connectivity index (χ1n) is 9.51. The van der Waals surface area contributed by atoms with Crippen LogP contribution < -0.4 is 5.32 Å². The number of carbonyl (C=O) groups excluding carboxylic acids is 1. The quantitative estimate of drug-likeness (QED) is 0.513. The van der Waals surface area contributed by atoms with Crippen LogP contribution in [0.3, 0.4) is 0 Å². The van der Waals surface area contributed by atoms with Gasteiger partial charge in [-0.3, -0.25) is 4.79 Å². The van der Waals surface area contributed by atoms with Crippen LogP contribution in [0.2, 0.25) is 0 Å². The van der Waals surface area contributed by atoms with Crippen molar-refractivity contribution < 1.29 is 9.32 Å². The van der Waals surface area contributed by atoms with E-state index in [1.807, 2.05) is 36.4 Å². The Labute approximate surface area is 164 Å². The number of hydrogen-bond donors (Lipinski definition) is 1. The molecule has 0 unspecified atom stereocenters. The van der Waals surface area contributed by atoms with E-state index < -0.39 is 0 Å². The van der Waals surface area contributed by atoms with Crippen molar-refractivity contribution in [3.8, 4) is 0 Å². The number of hydrogen-bond acceptors (Lipinski definition) is 3. The van der Waals surface area contributed by atoms with E-state index in [1.54, 1.807) is 0 Å². The summed E-state index contributed by atoms with van der Waals surface area (Å²) < 4.78 is 5.28. The Morgan fingerprint density at radius 2 is 1.46 bits per heavy atom. The van der Waals surface area contributed by atoms with Gasteiger partial charge < -0.3 is 9.84 Å². The summed E-state index contributed by atoms with van der Waals surface area (Å²) >= 11 is 0. The number of aromatic nitrogens is 1. The summed E-state index contributed by atoms with van der Waals surface area (Å²) in [7, 11) is 0. The van der Waals surface area contributed by atoms with Crippen molar-refractivity contribution in [2.45, 2.75) is 18.8 Å². The molecule has 0 bridgehead atoms. The van der Waals surface area contributed by atoms with Crippen LogP contribution in [0, 0.1) is 0 Å². The van der Waals surface area contributed by atoms with E-state index in [2.05, 4.69) is 59.0 Å². The maximum absolute atomic E-state index is 12.4. The minimum atomic E-state index is -0.0427. The largest absolute Gasteiger partial charge is 0.356 e. The molecule has 140 valence electrons. The average molecular weight is 370 g/mol. The van der Waals surface area contributed by atoms with Crippen LogP contribution in [-0.4, -0.2) is 17.6 Å². The number of benzene rings is 3. The lowest BCUT2D eigenvalue weighted by Gasteiger charge is -2.18. The molecule has 0 aliphatic rings. The van der Waals surface area contributed by atoms with Crippen molar-refractivity contribution in [2.24, 2.45) is 0 Å². The van der Waals surface area contributed by atoms with E-state index in [9.17, 15) is 4.79 Å². The van der Waals surface area contributed by atoms with Gasteiger partial charge in [-0.1, -0.05) is 78.0 Å². The summed E-state index contributed by atoms with van der Waals surface area (Å²) in [4.78, 5) is 12.4. The Morgan fingerprint density at radius 1 is 0.857 bits per heavy atom. The molecule has 0 saturated heterocycles. The van der Waals surface area contributed by atoms with Crippen LogP contribution in [0.4, 0.5) is 0 Å². The fourth-order valence-corrected chi connectivity index (χ4v) is 3.53. The van der Waals surface area contributed by atoms with Crippen LogP contribution >= 0.6 is 0 Å². The summed E-state index contributed by atoms with van der Waals surface area (Å²) in [6.07, 6.45) is 1.05. The van der Waals surface area contributed by atoms with Gasteiger partial charge in [0.05, 0.1) is 6.42 Å². The lowest BCUT2D eigenvalue weighted by molar-refractivity contribution is -0.120. The second-order valence-corrected chi connectivity index (χ2v) is 6.81. The minimum absolute atomic E-state index is 0.0427. The molecular formula is C24H22N2O2. The lowest BCUT2D eigenvalue weighted by Crippen LogP contribution is -2.27. The van der Waals surface area contributed by atoms with Gasteiger partial charge in [-0.25, -0.2) is 0 Å². The molecule has 4 rings (SSSR count). The van der Waals surface area contributed by atoms with Gasteiger partial charge in [-0.15, -0.1) is 0 Å². The molecule has 3 aromatic carbocycles. The first-order valence-corrected chi connectivity index (χ1v) is 9.51. The Balaban J connectivity index is 1.40. The van der Waals surface area contributed by atoms with Crippen molar-refractivity contribution in [2.75, 3.05) is 6.54 Å². The third-order valence-corrected chi connectivity index (χ3v) is 4.94. The molecule has 0 saturated carbocycles. The molecule has 4 heteroatoms. The van der Waals surface area contributed by atoms with Crippen molar-refractivity contribution in [1.29, 1.82) is 0 Å². The van der Waals surface area contributed by atoms with Gasteiger partial charge in [-0.2, -0.15) is 0 Å². The van der Waals surface area contributed by atoms with Crippen LogP contribution in [0.1, 0.15) is 29.2 Å². The summed E-state index contributed by atoms with van der Waals surface area (Å²) in [5.41, 5.74) is 3.89. The average Bonchev–Trinajstić information content (AvgIpc) is 3.15. The van der Waals surface area contributed by atoms with Crippen LogP contribution in [0.25, 0.3) is 11.0 Å². The number of fused-ring (bicyclic) bond motifs is 1. The number of rotatable bonds is 7. The number of amides is 1. The molecular weight excluding hydrogens is 348 g/mol. The zero-order valence-electron chi connectivity index (χ0n) is 15.5. The third kappa shape index (κ3) is 4.12. The third-order valence-electron chi connectivity index (χ3n) is 4.94. The molecule has 4 nitrogen and oxygen atoms in total. The van der Waals surface area contributed by atoms with Gasteiger partial charge in [0, 0.05) is 17.8 Å². The Morgan fingerprint density at radius 3 is 2.14 bits per heavy atom. The molecule has 1 amide bonds. The Hall–Kier alpha value is -3.40. The van der Waals surface area contributed by atoms with E-state index in [0.717, 1.165) is 11.8 Å². The Kier molecular flexibility index (Phi) is 5.48. The van der Waals surface area contributed by atoms with E-state index in [4.69, 9.17) is 4.52 Å². The predicted octanol–water partition coefficient (Wildman–Crippen LogP) is 4.71. The highest BCUT2D eigenvalue weighted by Gasteiger charge is 2.15. The summed E-state index contributed by atoms with van der Waals surface area (Å²) in [6.45, 7) is 0.600. The second kappa shape index (κ2) is 8.53. The fourth-order valence-electron chi connectivity index (χ4n) is 3.53. The number of nitrogens with zero attached hydrogens (tertiary/aromatic N) is 1. The molecule has 4 aromatic rings. The summed E-state index contributed by atoms with van der Waals surface area (Å²) in [5.74, 6) is 0.203. The SMILES string of the molecule is O=C(Cc1noc2ccccc12)NCCC(c1ccccc1)c1ccccc1. The van der Waals surface area contributed by atoms with Crippen molar-refractivity contribution in [3.63, 3.8) is 0 Å².